The van der Waals surface area contributed by atoms with Gasteiger partial charge in [0, 0.05) is 38.4 Å². The average Bonchev–Trinajstić information content (AvgIpc) is 2.59. The van der Waals surface area contributed by atoms with Crippen molar-refractivity contribution >= 4 is 0 Å². The molecule has 0 saturated carbocycles. The van der Waals surface area contributed by atoms with Gasteiger partial charge in [-0.25, -0.2) is 4.79 Å². The third-order valence-electron chi connectivity index (χ3n) is 4.67. The molecule has 0 aliphatic heterocycles. The summed E-state index contributed by atoms with van der Waals surface area (Å²) in [5, 5.41) is 3.51. The maximum absolute atomic E-state index is 12.1. The molecule has 0 spiro atoms. The summed E-state index contributed by atoms with van der Waals surface area (Å²) in [6.45, 7) is 6.99. The van der Waals surface area contributed by atoms with Crippen molar-refractivity contribution in [3.8, 4) is 0 Å². The summed E-state index contributed by atoms with van der Waals surface area (Å²) >= 11 is 0. The van der Waals surface area contributed by atoms with Crippen molar-refractivity contribution in [2.75, 3.05) is 0 Å². The monoisotopic (exact) mass is 343 g/mol. The number of aryl methyl sites for hydroxylation is 1. The predicted octanol–water partition coefficient (Wildman–Crippen LogP) is 2.52. The fraction of sp³-hybridized carbons (Fsp3) is 0.500. The number of rotatable bonds is 7. The van der Waals surface area contributed by atoms with Gasteiger partial charge in [0.05, 0.1) is 0 Å². The molecular weight excluding hydrogens is 314 g/mol. The highest BCUT2D eigenvalue weighted by Crippen LogP contribution is 2.22. The van der Waals surface area contributed by atoms with Gasteiger partial charge in [-0.3, -0.25) is 13.9 Å². The minimum Gasteiger partial charge on any atom is -0.304 e. The number of hydrogen-bond donors (Lipinski definition) is 1. The minimum atomic E-state index is -0.297. The van der Waals surface area contributed by atoms with E-state index in [1.807, 2.05) is 0 Å². The maximum atomic E-state index is 12.1. The number of nitrogens with zero attached hydrogens (tertiary/aromatic N) is 2. The SMILES string of the molecule is CCCc1ccc(C(NCc2cc(=O)n(C)c(=O)n2C)C(C)C)cc1. The number of aromatic nitrogens is 2. The lowest BCUT2D eigenvalue weighted by molar-refractivity contribution is 0.403. The van der Waals surface area contributed by atoms with Gasteiger partial charge in [0.15, 0.2) is 0 Å². The highest BCUT2D eigenvalue weighted by Gasteiger charge is 2.16. The summed E-state index contributed by atoms with van der Waals surface area (Å²) in [5.74, 6) is 0.389. The molecule has 0 radical (unpaired) electrons. The largest absolute Gasteiger partial charge is 0.330 e. The molecule has 0 amide bonds. The maximum Gasteiger partial charge on any atom is 0.330 e. The predicted molar refractivity (Wildman–Crippen MR) is 102 cm³/mol. The third kappa shape index (κ3) is 4.48. The van der Waals surface area contributed by atoms with Crippen LogP contribution in [0.5, 0.6) is 0 Å². The van der Waals surface area contributed by atoms with Gasteiger partial charge >= 0.3 is 5.69 Å². The summed E-state index contributed by atoms with van der Waals surface area (Å²) in [6, 6.07) is 10.4. The van der Waals surface area contributed by atoms with Gasteiger partial charge in [-0.2, -0.15) is 0 Å². The molecule has 1 N–H and O–H groups in total. The van der Waals surface area contributed by atoms with Crippen LogP contribution in [0.25, 0.3) is 0 Å². The van der Waals surface area contributed by atoms with Crippen molar-refractivity contribution in [1.29, 1.82) is 0 Å². The molecular formula is C20H29N3O2. The van der Waals surface area contributed by atoms with E-state index >= 15 is 0 Å². The first kappa shape index (κ1) is 19.2. The zero-order valence-corrected chi connectivity index (χ0v) is 15.9. The molecule has 136 valence electrons. The first-order valence-corrected chi connectivity index (χ1v) is 8.93. The van der Waals surface area contributed by atoms with Crippen LogP contribution in [0.1, 0.15) is 50.1 Å². The number of hydrogen-bond acceptors (Lipinski definition) is 3. The quantitative estimate of drug-likeness (QED) is 0.840. The van der Waals surface area contributed by atoms with E-state index in [4.69, 9.17) is 0 Å². The van der Waals surface area contributed by atoms with E-state index in [-0.39, 0.29) is 17.3 Å². The van der Waals surface area contributed by atoms with E-state index in [0.717, 1.165) is 17.4 Å². The smallest absolute Gasteiger partial charge is 0.304 e. The Morgan fingerprint density at radius 1 is 1.04 bits per heavy atom. The molecule has 0 aliphatic carbocycles. The lowest BCUT2D eigenvalue weighted by Gasteiger charge is -2.24. The van der Waals surface area contributed by atoms with Crippen LogP contribution in [-0.4, -0.2) is 9.13 Å². The Labute approximate surface area is 149 Å². The zero-order valence-electron chi connectivity index (χ0n) is 15.9. The Hall–Kier alpha value is -2.14. The lowest BCUT2D eigenvalue weighted by atomic mass is 9.94. The second-order valence-corrected chi connectivity index (χ2v) is 6.97. The highest BCUT2D eigenvalue weighted by molar-refractivity contribution is 5.25. The van der Waals surface area contributed by atoms with Crippen molar-refractivity contribution in [2.24, 2.45) is 20.0 Å². The van der Waals surface area contributed by atoms with Crippen molar-refractivity contribution in [2.45, 2.75) is 46.2 Å². The van der Waals surface area contributed by atoms with Crippen molar-refractivity contribution < 1.29 is 0 Å². The van der Waals surface area contributed by atoms with Crippen LogP contribution < -0.4 is 16.6 Å². The Kier molecular flexibility index (Phi) is 6.37. The molecule has 25 heavy (non-hydrogen) atoms. The van der Waals surface area contributed by atoms with E-state index < -0.39 is 0 Å². The van der Waals surface area contributed by atoms with Crippen LogP contribution in [0.3, 0.4) is 0 Å². The van der Waals surface area contributed by atoms with Gasteiger partial charge in [0.2, 0.25) is 0 Å². The molecule has 0 saturated heterocycles. The standard InChI is InChI=1S/C20H29N3O2/c1-6-7-15-8-10-16(11-9-15)19(14(2)3)21-13-17-12-18(24)23(5)20(25)22(17)4/h8-12,14,19,21H,6-7,13H2,1-5H3. The van der Waals surface area contributed by atoms with Crippen molar-refractivity contribution in [1.82, 2.24) is 14.5 Å². The molecule has 1 aromatic heterocycles. The van der Waals surface area contributed by atoms with E-state index in [0.29, 0.717) is 18.2 Å². The third-order valence-corrected chi connectivity index (χ3v) is 4.67. The Morgan fingerprint density at radius 2 is 1.68 bits per heavy atom. The first-order valence-electron chi connectivity index (χ1n) is 8.93. The van der Waals surface area contributed by atoms with Gasteiger partial charge < -0.3 is 5.32 Å². The zero-order chi connectivity index (χ0) is 18.6. The molecule has 5 nitrogen and oxygen atoms in total. The van der Waals surface area contributed by atoms with E-state index in [1.165, 1.54) is 28.8 Å². The van der Waals surface area contributed by atoms with Gasteiger partial charge in [0.25, 0.3) is 5.56 Å². The highest BCUT2D eigenvalue weighted by atomic mass is 16.2. The fourth-order valence-corrected chi connectivity index (χ4v) is 3.08. The molecule has 2 rings (SSSR count). The second kappa shape index (κ2) is 8.30. The number of benzene rings is 1. The molecule has 5 heteroatoms. The van der Waals surface area contributed by atoms with Gasteiger partial charge in [-0.15, -0.1) is 0 Å². The molecule has 1 unspecified atom stereocenters. The summed E-state index contributed by atoms with van der Waals surface area (Å²) in [6.07, 6.45) is 2.23. The van der Waals surface area contributed by atoms with Crippen LogP contribution in [0.15, 0.2) is 39.9 Å². The first-order chi connectivity index (χ1) is 11.8. The molecule has 1 atom stereocenters. The van der Waals surface area contributed by atoms with E-state index in [1.54, 1.807) is 7.05 Å². The van der Waals surface area contributed by atoms with Crippen molar-refractivity contribution in [3.63, 3.8) is 0 Å². The van der Waals surface area contributed by atoms with Crippen LogP contribution in [-0.2, 0) is 27.1 Å². The minimum absolute atomic E-state index is 0.162. The molecule has 0 fully saturated rings. The Bertz CT molecular complexity index is 816. The van der Waals surface area contributed by atoms with Crippen LogP contribution in [0, 0.1) is 5.92 Å². The second-order valence-electron chi connectivity index (χ2n) is 6.97. The van der Waals surface area contributed by atoms with Crippen LogP contribution in [0.4, 0.5) is 0 Å². The Morgan fingerprint density at radius 3 is 2.24 bits per heavy atom. The topological polar surface area (TPSA) is 56.0 Å². The Balaban J connectivity index is 2.21. The molecule has 0 bridgehead atoms. The fourth-order valence-electron chi connectivity index (χ4n) is 3.08. The van der Waals surface area contributed by atoms with Gasteiger partial charge in [-0.1, -0.05) is 51.5 Å². The van der Waals surface area contributed by atoms with Gasteiger partial charge in [0.1, 0.15) is 0 Å². The summed E-state index contributed by atoms with van der Waals surface area (Å²) in [7, 11) is 3.19. The molecule has 0 aliphatic rings. The van der Waals surface area contributed by atoms with E-state index in [9.17, 15) is 9.59 Å². The van der Waals surface area contributed by atoms with Crippen LogP contribution in [0.2, 0.25) is 0 Å². The average molecular weight is 343 g/mol. The molecule has 1 aromatic carbocycles. The summed E-state index contributed by atoms with van der Waals surface area (Å²) in [5.41, 5.74) is 2.70. The molecule has 1 heterocycles. The van der Waals surface area contributed by atoms with Crippen molar-refractivity contribution in [3.05, 3.63) is 68.0 Å². The van der Waals surface area contributed by atoms with Crippen LogP contribution >= 0.6 is 0 Å². The molecule has 2 aromatic rings. The summed E-state index contributed by atoms with van der Waals surface area (Å²) in [4.78, 5) is 23.9. The normalized spacial score (nSPS) is 12.6. The summed E-state index contributed by atoms with van der Waals surface area (Å²) < 4.78 is 2.64. The lowest BCUT2D eigenvalue weighted by Crippen LogP contribution is -2.39. The van der Waals surface area contributed by atoms with Gasteiger partial charge in [-0.05, 0) is 23.5 Å². The van der Waals surface area contributed by atoms with E-state index in [2.05, 4.69) is 50.4 Å². The number of nitrogens with one attached hydrogen (secondary N) is 1.